The molecule has 0 saturated carbocycles. The number of aromatic amines is 2. The summed E-state index contributed by atoms with van der Waals surface area (Å²) in [7, 11) is 0. The fourth-order valence-corrected chi connectivity index (χ4v) is 2.14. The fourth-order valence-electron chi connectivity index (χ4n) is 2.14. The summed E-state index contributed by atoms with van der Waals surface area (Å²) in [6, 6.07) is 5.53. The summed E-state index contributed by atoms with van der Waals surface area (Å²) in [5, 5.41) is 9.17. The second-order valence-corrected chi connectivity index (χ2v) is 4.41. The molecule has 2 aromatic heterocycles. The van der Waals surface area contributed by atoms with Crippen molar-refractivity contribution in [3.05, 3.63) is 35.5 Å². The van der Waals surface area contributed by atoms with Gasteiger partial charge < -0.3 is 15.1 Å². The Morgan fingerprint density at radius 3 is 2.63 bits per heavy atom. The van der Waals surface area contributed by atoms with Crippen molar-refractivity contribution in [2.24, 2.45) is 0 Å². The number of carboxylic acids is 1. The molecule has 0 fully saturated rings. The maximum atomic E-state index is 11.2. The normalized spacial score (nSPS) is 11.1. The first kappa shape index (κ1) is 11.5. The van der Waals surface area contributed by atoms with Crippen LogP contribution in [0.5, 0.6) is 0 Å². The van der Waals surface area contributed by atoms with Crippen LogP contribution in [0.3, 0.4) is 0 Å². The molecule has 0 saturated heterocycles. The first-order valence-electron chi connectivity index (χ1n) is 5.81. The number of aromatic nitrogens is 4. The van der Waals surface area contributed by atoms with Crippen molar-refractivity contribution in [3.63, 3.8) is 0 Å². The van der Waals surface area contributed by atoms with Crippen molar-refractivity contribution >= 4 is 17.0 Å². The van der Waals surface area contributed by atoms with Crippen LogP contribution in [0.25, 0.3) is 22.3 Å². The van der Waals surface area contributed by atoms with Crippen LogP contribution in [0.1, 0.15) is 22.1 Å². The molecule has 0 unspecified atom stereocenters. The number of H-pyrrole nitrogens is 2. The molecule has 3 aromatic rings. The number of carbonyl (C=O) groups is 1. The number of aromatic carboxylic acids is 1. The van der Waals surface area contributed by atoms with Gasteiger partial charge in [0.05, 0.1) is 11.0 Å². The summed E-state index contributed by atoms with van der Waals surface area (Å²) < 4.78 is 0. The summed E-state index contributed by atoms with van der Waals surface area (Å²) in [6.07, 6.45) is 0. The van der Waals surface area contributed by atoms with E-state index in [1.54, 1.807) is 6.92 Å². The van der Waals surface area contributed by atoms with Crippen LogP contribution >= 0.6 is 0 Å². The third-order valence-electron chi connectivity index (χ3n) is 2.91. The number of imidazole rings is 2. The van der Waals surface area contributed by atoms with E-state index in [9.17, 15) is 4.79 Å². The van der Waals surface area contributed by atoms with Gasteiger partial charge in [-0.1, -0.05) is 6.07 Å². The van der Waals surface area contributed by atoms with Crippen LogP contribution in [0.15, 0.2) is 18.2 Å². The zero-order valence-corrected chi connectivity index (χ0v) is 10.5. The molecule has 0 aliphatic carbocycles. The Morgan fingerprint density at radius 1 is 1.16 bits per heavy atom. The molecule has 0 amide bonds. The molecule has 0 atom stereocenters. The van der Waals surface area contributed by atoms with E-state index in [1.807, 2.05) is 25.1 Å². The number of aryl methyl sites for hydroxylation is 2. The number of rotatable bonds is 2. The Morgan fingerprint density at radius 2 is 1.89 bits per heavy atom. The summed E-state index contributed by atoms with van der Waals surface area (Å²) in [5.74, 6) is 0.383. The Hall–Kier alpha value is -2.63. The average molecular weight is 256 g/mol. The highest BCUT2D eigenvalue weighted by molar-refractivity contribution is 5.94. The molecule has 6 nitrogen and oxygen atoms in total. The molecule has 3 N–H and O–H groups in total. The molecule has 3 rings (SSSR count). The Labute approximate surface area is 108 Å². The lowest BCUT2D eigenvalue weighted by Crippen LogP contribution is -1.99. The molecule has 96 valence electrons. The van der Waals surface area contributed by atoms with Gasteiger partial charge in [0.25, 0.3) is 0 Å². The summed E-state index contributed by atoms with van der Waals surface area (Å²) in [4.78, 5) is 25.6. The average Bonchev–Trinajstić information content (AvgIpc) is 2.89. The summed E-state index contributed by atoms with van der Waals surface area (Å²) in [6.45, 7) is 3.61. The zero-order valence-electron chi connectivity index (χ0n) is 10.5. The Balaban J connectivity index is 2.20. The van der Waals surface area contributed by atoms with Crippen molar-refractivity contribution in [2.45, 2.75) is 13.8 Å². The number of carboxylic acid groups (broad SMARTS) is 1. The number of nitrogens with one attached hydrogen (secondary N) is 2. The van der Waals surface area contributed by atoms with Gasteiger partial charge in [-0.25, -0.2) is 14.8 Å². The second kappa shape index (κ2) is 3.94. The van der Waals surface area contributed by atoms with Gasteiger partial charge in [-0.15, -0.1) is 0 Å². The largest absolute Gasteiger partial charge is 0.477 e. The van der Waals surface area contributed by atoms with E-state index < -0.39 is 5.97 Å². The summed E-state index contributed by atoms with van der Waals surface area (Å²) in [5.41, 5.74) is 3.02. The van der Waals surface area contributed by atoms with Crippen molar-refractivity contribution in [1.29, 1.82) is 0 Å². The van der Waals surface area contributed by atoms with E-state index in [2.05, 4.69) is 19.9 Å². The van der Waals surface area contributed by atoms with Crippen molar-refractivity contribution in [3.8, 4) is 11.3 Å². The number of fused-ring (bicyclic) bond motifs is 1. The highest BCUT2D eigenvalue weighted by Gasteiger charge is 2.17. The van der Waals surface area contributed by atoms with Crippen LogP contribution in [0.4, 0.5) is 0 Å². The van der Waals surface area contributed by atoms with E-state index in [-0.39, 0.29) is 5.69 Å². The highest BCUT2D eigenvalue weighted by Crippen LogP contribution is 2.25. The van der Waals surface area contributed by atoms with Crippen LogP contribution in [-0.2, 0) is 0 Å². The number of hydrogen-bond donors (Lipinski definition) is 3. The predicted molar refractivity (Wildman–Crippen MR) is 70.1 cm³/mol. The van der Waals surface area contributed by atoms with Gasteiger partial charge in [0.1, 0.15) is 17.3 Å². The standard InChI is InChI=1S/C13H12N4O2/c1-6-14-9-4-3-8(5-10(9)15-6)11-12(13(18)19)17-7(2)16-11/h3-5H,1-2H3,(H,14,15)(H,16,17)(H,18,19). The Kier molecular flexibility index (Phi) is 2.38. The third-order valence-corrected chi connectivity index (χ3v) is 2.91. The van der Waals surface area contributed by atoms with Gasteiger partial charge >= 0.3 is 5.97 Å². The third kappa shape index (κ3) is 1.87. The van der Waals surface area contributed by atoms with Crippen LogP contribution < -0.4 is 0 Å². The minimum Gasteiger partial charge on any atom is -0.477 e. The Bertz CT molecular complexity index is 785. The molecule has 0 spiro atoms. The van der Waals surface area contributed by atoms with Gasteiger partial charge in [-0.2, -0.15) is 0 Å². The molecule has 0 aliphatic heterocycles. The van der Waals surface area contributed by atoms with Crippen LogP contribution in [0, 0.1) is 13.8 Å². The molecule has 0 radical (unpaired) electrons. The van der Waals surface area contributed by atoms with Crippen molar-refractivity contribution < 1.29 is 9.90 Å². The maximum Gasteiger partial charge on any atom is 0.354 e. The second-order valence-electron chi connectivity index (χ2n) is 4.41. The SMILES string of the molecule is Cc1nc(-c2ccc3nc(C)[nH]c3c2)c(C(=O)O)[nH]1. The lowest BCUT2D eigenvalue weighted by molar-refractivity contribution is 0.0692. The first-order chi connectivity index (χ1) is 9.04. The number of hydrogen-bond acceptors (Lipinski definition) is 3. The minimum absolute atomic E-state index is 0.105. The van der Waals surface area contributed by atoms with Gasteiger partial charge in [-0.05, 0) is 26.0 Å². The van der Waals surface area contributed by atoms with E-state index in [0.717, 1.165) is 22.4 Å². The molecule has 0 bridgehead atoms. The first-order valence-corrected chi connectivity index (χ1v) is 5.81. The smallest absolute Gasteiger partial charge is 0.354 e. The molecule has 0 aliphatic rings. The molecule has 19 heavy (non-hydrogen) atoms. The van der Waals surface area contributed by atoms with Crippen molar-refractivity contribution in [2.75, 3.05) is 0 Å². The van der Waals surface area contributed by atoms with Crippen LogP contribution in [0.2, 0.25) is 0 Å². The lowest BCUT2D eigenvalue weighted by Gasteiger charge is -1.99. The van der Waals surface area contributed by atoms with E-state index in [1.165, 1.54) is 0 Å². The fraction of sp³-hybridized carbons (Fsp3) is 0.154. The molecule has 1 aromatic carbocycles. The molecular formula is C13H12N4O2. The monoisotopic (exact) mass is 256 g/mol. The molecular weight excluding hydrogens is 244 g/mol. The zero-order chi connectivity index (χ0) is 13.6. The molecule has 2 heterocycles. The number of nitrogens with zero attached hydrogens (tertiary/aromatic N) is 2. The van der Waals surface area contributed by atoms with Crippen molar-refractivity contribution in [1.82, 2.24) is 19.9 Å². The van der Waals surface area contributed by atoms with Gasteiger partial charge in [-0.3, -0.25) is 0 Å². The summed E-state index contributed by atoms with van der Waals surface area (Å²) >= 11 is 0. The minimum atomic E-state index is -1.02. The van der Waals surface area contributed by atoms with E-state index >= 15 is 0 Å². The molecule has 6 heteroatoms. The van der Waals surface area contributed by atoms with E-state index in [4.69, 9.17) is 5.11 Å². The highest BCUT2D eigenvalue weighted by atomic mass is 16.4. The number of benzene rings is 1. The topological polar surface area (TPSA) is 94.7 Å². The van der Waals surface area contributed by atoms with Gasteiger partial charge in [0, 0.05) is 5.56 Å². The van der Waals surface area contributed by atoms with Gasteiger partial charge in [0.15, 0.2) is 5.69 Å². The predicted octanol–water partition coefficient (Wildman–Crippen LogP) is 2.27. The maximum absolute atomic E-state index is 11.2. The lowest BCUT2D eigenvalue weighted by atomic mass is 10.1. The van der Waals surface area contributed by atoms with Gasteiger partial charge in [0.2, 0.25) is 0 Å². The van der Waals surface area contributed by atoms with Crippen LogP contribution in [-0.4, -0.2) is 31.0 Å². The quantitative estimate of drug-likeness (QED) is 0.655. The van der Waals surface area contributed by atoms with E-state index in [0.29, 0.717) is 11.5 Å².